The minimum atomic E-state index is -3.34. The fourth-order valence-corrected chi connectivity index (χ4v) is 2.84. The molecule has 0 heterocycles. The Morgan fingerprint density at radius 2 is 1.94 bits per heavy atom. The van der Waals surface area contributed by atoms with Crippen molar-refractivity contribution in [1.29, 1.82) is 0 Å². The van der Waals surface area contributed by atoms with E-state index in [0.717, 1.165) is 25.7 Å². The zero-order chi connectivity index (χ0) is 13.0. The number of hydrogen-bond acceptors (Lipinski definition) is 3. The van der Waals surface area contributed by atoms with Crippen LogP contribution >= 0.6 is 0 Å². The molecule has 2 rings (SSSR count). The van der Waals surface area contributed by atoms with Crippen LogP contribution in [0.5, 0.6) is 5.75 Å². The van der Waals surface area contributed by atoms with Gasteiger partial charge in [0.25, 0.3) is 0 Å². The van der Waals surface area contributed by atoms with Crippen molar-refractivity contribution in [2.45, 2.75) is 43.5 Å². The summed E-state index contributed by atoms with van der Waals surface area (Å²) in [4.78, 5) is 0.303. The molecule has 5 heteroatoms. The summed E-state index contributed by atoms with van der Waals surface area (Å²) < 4.78 is 31.9. The van der Waals surface area contributed by atoms with Gasteiger partial charge in [-0.05, 0) is 43.5 Å². The largest absolute Gasteiger partial charge is 0.494 e. The minimum absolute atomic E-state index is 0.135. The van der Waals surface area contributed by atoms with Gasteiger partial charge >= 0.3 is 0 Å². The van der Waals surface area contributed by atoms with Crippen LogP contribution < -0.4 is 9.46 Å². The number of ether oxygens (including phenoxy) is 1. The van der Waals surface area contributed by atoms with E-state index in [9.17, 15) is 8.42 Å². The Hall–Kier alpha value is -1.07. The smallest absolute Gasteiger partial charge is 0.240 e. The summed E-state index contributed by atoms with van der Waals surface area (Å²) in [5.41, 5.74) is 0. The van der Waals surface area contributed by atoms with Gasteiger partial charge in [-0.3, -0.25) is 0 Å². The Balaban J connectivity index is 1.97. The average molecular weight is 269 g/mol. The molecule has 0 spiro atoms. The summed E-state index contributed by atoms with van der Waals surface area (Å²) in [5.74, 6) is 0.717. The maximum absolute atomic E-state index is 11.9. The van der Waals surface area contributed by atoms with E-state index in [4.69, 9.17) is 4.74 Å². The van der Waals surface area contributed by atoms with Crippen molar-refractivity contribution in [2.24, 2.45) is 0 Å². The molecule has 0 radical (unpaired) electrons. The predicted molar refractivity (Wildman–Crippen MR) is 70.2 cm³/mol. The maximum Gasteiger partial charge on any atom is 0.240 e. The number of unbranched alkanes of at least 4 members (excludes halogenated alkanes) is 1. The second-order valence-corrected chi connectivity index (χ2v) is 6.28. The lowest BCUT2D eigenvalue weighted by Crippen LogP contribution is -2.25. The van der Waals surface area contributed by atoms with Crippen molar-refractivity contribution < 1.29 is 13.2 Å². The highest BCUT2D eigenvalue weighted by Gasteiger charge is 2.27. The van der Waals surface area contributed by atoms with Crippen LogP contribution in [-0.2, 0) is 10.0 Å². The highest BCUT2D eigenvalue weighted by molar-refractivity contribution is 7.89. The van der Waals surface area contributed by atoms with E-state index in [0.29, 0.717) is 17.3 Å². The SMILES string of the molecule is CCCCOc1ccc(S(=O)(=O)NC2CC2)cc1. The normalized spacial score (nSPS) is 15.6. The molecule has 1 aliphatic rings. The van der Waals surface area contributed by atoms with Crippen LogP contribution in [0.15, 0.2) is 29.2 Å². The molecule has 18 heavy (non-hydrogen) atoms. The summed E-state index contributed by atoms with van der Waals surface area (Å²) in [6.45, 7) is 2.77. The summed E-state index contributed by atoms with van der Waals surface area (Å²) in [5, 5.41) is 0. The van der Waals surface area contributed by atoms with Crippen molar-refractivity contribution >= 4 is 10.0 Å². The van der Waals surface area contributed by atoms with Gasteiger partial charge in [-0.2, -0.15) is 0 Å². The summed E-state index contributed by atoms with van der Waals surface area (Å²) in [6, 6.07) is 6.72. The first-order valence-corrected chi connectivity index (χ1v) is 7.85. The van der Waals surface area contributed by atoms with E-state index >= 15 is 0 Å². The van der Waals surface area contributed by atoms with E-state index in [1.54, 1.807) is 24.3 Å². The summed E-state index contributed by atoms with van der Waals surface area (Å²) in [6.07, 6.45) is 3.97. The van der Waals surface area contributed by atoms with Crippen LogP contribution in [0.3, 0.4) is 0 Å². The Labute approximate surface area is 108 Å². The molecule has 0 aliphatic heterocycles. The van der Waals surface area contributed by atoms with E-state index in [-0.39, 0.29) is 6.04 Å². The first-order valence-electron chi connectivity index (χ1n) is 6.37. The Kier molecular flexibility index (Phi) is 4.24. The van der Waals surface area contributed by atoms with Gasteiger partial charge in [0.2, 0.25) is 10.0 Å². The molecule has 0 aromatic heterocycles. The van der Waals surface area contributed by atoms with E-state index in [1.165, 1.54) is 0 Å². The molecule has 1 N–H and O–H groups in total. The first kappa shape index (κ1) is 13.4. The molecule has 0 bridgehead atoms. The molecule has 1 aliphatic carbocycles. The topological polar surface area (TPSA) is 55.4 Å². The number of rotatable bonds is 7. The third-order valence-electron chi connectivity index (χ3n) is 2.80. The molecule has 1 aromatic rings. The zero-order valence-corrected chi connectivity index (χ0v) is 11.4. The van der Waals surface area contributed by atoms with Crippen LogP contribution in [-0.4, -0.2) is 21.1 Å². The van der Waals surface area contributed by atoms with Gasteiger partial charge in [-0.25, -0.2) is 13.1 Å². The quantitative estimate of drug-likeness (QED) is 0.773. The molecular formula is C13H19NO3S. The van der Waals surface area contributed by atoms with Gasteiger partial charge in [0.1, 0.15) is 5.75 Å². The van der Waals surface area contributed by atoms with E-state index < -0.39 is 10.0 Å². The molecule has 0 unspecified atom stereocenters. The third-order valence-corrected chi connectivity index (χ3v) is 4.34. The van der Waals surface area contributed by atoms with E-state index in [1.807, 2.05) is 0 Å². The maximum atomic E-state index is 11.9. The van der Waals surface area contributed by atoms with Gasteiger partial charge in [0.05, 0.1) is 11.5 Å². The second-order valence-electron chi connectivity index (χ2n) is 4.57. The zero-order valence-electron chi connectivity index (χ0n) is 10.6. The van der Waals surface area contributed by atoms with Crippen molar-refractivity contribution in [1.82, 2.24) is 4.72 Å². The number of nitrogens with one attached hydrogen (secondary N) is 1. The minimum Gasteiger partial charge on any atom is -0.494 e. The molecule has 1 saturated carbocycles. The molecule has 0 amide bonds. The predicted octanol–water partition coefficient (Wildman–Crippen LogP) is 2.31. The fourth-order valence-electron chi connectivity index (χ4n) is 1.54. The number of hydrogen-bond donors (Lipinski definition) is 1. The lowest BCUT2D eigenvalue weighted by atomic mass is 10.3. The van der Waals surface area contributed by atoms with Crippen molar-refractivity contribution in [2.75, 3.05) is 6.61 Å². The molecule has 0 saturated heterocycles. The summed E-state index contributed by atoms with van der Waals surface area (Å²) >= 11 is 0. The lowest BCUT2D eigenvalue weighted by molar-refractivity contribution is 0.309. The molecule has 4 nitrogen and oxygen atoms in total. The van der Waals surface area contributed by atoms with Crippen LogP contribution in [0.1, 0.15) is 32.6 Å². The molecule has 100 valence electrons. The van der Waals surface area contributed by atoms with E-state index in [2.05, 4.69) is 11.6 Å². The highest BCUT2D eigenvalue weighted by atomic mass is 32.2. The van der Waals surface area contributed by atoms with Crippen molar-refractivity contribution in [3.63, 3.8) is 0 Å². The lowest BCUT2D eigenvalue weighted by Gasteiger charge is -2.08. The molecule has 1 aromatic carbocycles. The van der Waals surface area contributed by atoms with Gasteiger partial charge in [0.15, 0.2) is 0 Å². The standard InChI is InChI=1S/C13H19NO3S/c1-2-3-10-17-12-6-8-13(9-7-12)18(15,16)14-11-4-5-11/h6-9,11,14H,2-5,10H2,1H3. The monoisotopic (exact) mass is 269 g/mol. The highest BCUT2D eigenvalue weighted by Crippen LogP contribution is 2.23. The molecule has 1 fully saturated rings. The van der Waals surface area contributed by atoms with Crippen molar-refractivity contribution in [3.05, 3.63) is 24.3 Å². The Morgan fingerprint density at radius 1 is 1.28 bits per heavy atom. The molecule has 0 atom stereocenters. The second kappa shape index (κ2) is 5.71. The number of benzene rings is 1. The first-order chi connectivity index (χ1) is 8.62. The molecular weight excluding hydrogens is 250 g/mol. The van der Waals surface area contributed by atoms with Gasteiger partial charge in [-0.1, -0.05) is 13.3 Å². The van der Waals surface area contributed by atoms with Gasteiger partial charge in [-0.15, -0.1) is 0 Å². The fraction of sp³-hybridized carbons (Fsp3) is 0.538. The van der Waals surface area contributed by atoms with Crippen LogP contribution in [0, 0.1) is 0 Å². The van der Waals surface area contributed by atoms with Crippen LogP contribution in [0.25, 0.3) is 0 Å². The Bertz CT molecular complexity index is 477. The summed E-state index contributed by atoms with van der Waals surface area (Å²) in [7, 11) is -3.34. The van der Waals surface area contributed by atoms with Crippen molar-refractivity contribution in [3.8, 4) is 5.75 Å². The van der Waals surface area contributed by atoms with Gasteiger partial charge in [0, 0.05) is 6.04 Å². The van der Waals surface area contributed by atoms with Crippen LogP contribution in [0.4, 0.5) is 0 Å². The van der Waals surface area contributed by atoms with Gasteiger partial charge < -0.3 is 4.74 Å². The van der Waals surface area contributed by atoms with Crippen LogP contribution in [0.2, 0.25) is 0 Å². The number of sulfonamides is 1. The average Bonchev–Trinajstić information content (AvgIpc) is 3.13. The third kappa shape index (κ3) is 3.71. The Morgan fingerprint density at radius 3 is 2.50 bits per heavy atom.